The van der Waals surface area contributed by atoms with Crippen LogP contribution in [0.4, 0.5) is 0 Å². The average molecular weight is 297 g/mol. The van der Waals surface area contributed by atoms with Gasteiger partial charge in [-0.2, -0.15) is 0 Å². The Morgan fingerprint density at radius 2 is 2.14 bits per heavy atom. The molecule has 0 aliphatic rings. The Bertz CT molecular complexity index is 652. The minimum absolute atomic E-state index is 0.219. The molecule has 0 bridgehead atoms. The van der Waals surface area contributed by atoms with Crippen molar-refractivity contribution in [3.63, 3.8) is 0 Å². The van der Waals surface area contributed by atoms with Gasteiger partial charge in [-0.25, -0.2) is 9.78 Å². The van der Waals surface area contributed by atoms with Gasteiger partial charge in [-0.15, -0.1) is 0 Å². The quantitative estimate of drug-likeness (QED) is 0.634. The molecule has 5 heteroatoms. The number of nitrogens with one attached hydrogen (secondary N) is 1. The van der Waals surface area contributed by atoms with E-state index in [1.165, 1.54) is 11.6 Å². The Kier molecular flexibility index (Phi) is 5.54. The van der Waals surface area contributed by atoms with Gasteiger partial charge in [-0.05, 0) is 24.1 Å². The molecule has 0 unspecified atom stereocenters. The zero-order valence-corrected chi connectivity index (χ0v) is 12.5. The van der Waals surface area contributed by atoms with E-state index in [1.54, 1.807) is 19.2 Å². The van der Waals surface area contributed by atoms with Crippen molar-refractivity contribution >= 4 is 12.0 Å². The van der Waals surface area contributed by atoms with Gasteiger partial charge in [0.15, 0.2) is 0 Å². The van der Waals surface area contributed by atoms with Crippen molar-refractivity contribution in [2.75, 3.05) is 6.61 Å². The molecule has 0 saturated carbocycles. The third-order valence-corrected chi connectivity index (χ3v) is 2.88. The molecule has 0 aliphatic heterocycles. The molecular weight excluding hydrogens is 278 g/mol. The summed E-state index contributed by atoms with van der Waals surface area (Å²) in [6.07, 6.45) is 9.29. The van der Waals surface area contributed by atoms with E-state index in [0.29, 0.717) is 5.70 Å². The normalized spacial score (nSPS) is 11.8. The molecule has 0 spiro atoms. The van der Waals surface area contributed by atoms with Gasteiger partial charge in [0, 0.05) is 30.6 Å². The van der Waals surface area contributed by atoms with Crippen molar-refractivity contribution in [1.82, 2.24) is 9.97 Å². The maximum Gasteiger partial charge on any atom is 0.332 e. The minimum Gasteiger partial charge on any atom is -0.458 e. The highest BCUT2D eigenvalue weighted by molar-refractivity contribution is 5.82. The summed E-state index contributed by atoms with van der Waals surface area (Å²) in [4.78, 5) is 18.5. The molecule has 2 rings (SSSR count). The van der Waals surface area contributed by atoms with Crippen molar-refractivity contribution < 1.29 is 9.53 Å². The Labute approximate surface area is 129 Å². The van der Waals surface area contributed by atoms with Crippen LogP contribution in [0.2, 0.25) is 0 Å². The highest BCUT2D eigenvalue weighted by atomic mass is 16.5. The number of hydrogen-bond acceptors (Lipinski definition) is 4. The molecule has 5 nitrogen and oxygen atoms in total. The van der Waals surface area contributed by atoms with Gasteiger partial charge >= 0.3 is 5.97 Å². The zero-order valence-electron chi connectivity index (χ0n) is 12.5. The first kappa shape index (κ1) is 15.6. The largest absolute Gasteiger partial charge is 0.458 e. The lowest BCUT2D eigenvalue weighted by atomic mass is 10.1. The second-order valence-electron chi connectivity index (χ2n) is 4.87. The third-order valence-electron chi connectivity index (χ3n) is 2.88. The molecule has 1 aromatic heterocycles. The predicted molar refractivity (Wildman–Crippen MR) is 85.8 cm³/mol. The Balaban J connectivity index is 1.82. The summed E-state index contributed by atoms with van der Waals surface area (Å²) in [5.74, 6) is 0.511. The van der Waals surface area contributed by atoms with Gasteiger partial charge in [-0.1, -0.05) is 30.3 Å². The predicted octanol–water partition coefficient (Wildman–Crippen LogP) is 2.42. The van der Waals surface area contributed by atoms with Crippen LogP contribution in [0, 0.1) is 0 Å². The third kappa shape index (κ3) is 5.28. The summed E-state index contributed by atoms with van der Waals surface area (Å²) < 4.78 is 4.97. The molecule has 0 amide bonds. The average Bonchev–Trinajstić information content (AvgIpc) is 2.97. The first-order valence-corrected chi connectivity index (χ1v) is 6.98. The Hall–Kier alpha value is -2.82. The number of allylic oxidation sites excluding steroid dienone is 1. The fourth-order valence-electron chi connectivity index (χ4n) is 1.88. The molecule has 1 aromatic carbocycles. The number of H-pyrrole nitrogens is 1. The highest BCUT2D eigenvalue weighted by Crippen LogP contribution is 2.09. The number of rotatable bonds is 6. The summed E-state index contributed by atoms with van der Waals surface area (Å²) in [7, 11) is 0. The standard InChI is InChI=1S/C17H19N3O2/c1-13(18)11-17(21)22-10-2-3-14-4-6-15(7-5-14)12-16-19-8-9-20-16/h2-9,11H,10,12,18H2,1H3,(H,19,20)/b3-2?,13-11-. The van der Waals surface area contributed by atoms with E-state index >= 15 is 0 Å². The number of ether oxygens (including phenoxy) is 1. The number of aromatic nitrogens is 2. The van der Waals surface area contributed by atoms with Gasteiger partial charge in [-0.3, -0.25) is 0 Å². The van der Waals surface area contributed by atoms with Gasteiger partial charge in [0.25, 0.3) is 0 Å². The minimum atomic E-state index is -0.432. The summed E-state index contributed by atoms with van der Waals surface area (Å²) in [6, 6.07) is 8.13. The van der Waals surface area contributed by atoms with Crippen LogP contribution in [0.3, 0.4) is 0 Å². The molecule has 0 saturated heterocycles. The number of aromatic amines is 1. The van der Waals surface area contributed by atoms with Gasteiger partial charge in [0.1, 0.15) is 12.4 Å². The molecule has 0 radical (unpaired) electrons. The summed E-state index contributed by atoms with van der Waals surface area (Å²) in [5.41, 5.74) is 8.05. The maximum atomic E-state index is 11.2. The lowest BCUT2D eigenvalue weighted by molar-refractivity contribution is -0.136. The molecule has 1 heterocycles. The molecule has 0 atom stereocenters. The first-order valence-electron chi connectivity index (χ1n) is 6.98. The number of hydrogen-bond donors (Lipinski definition) is 2. The van der Waals surface area contributed by atoms with Crippen LogP contribution in [0.15, 0.2) is 54.5 Å². The summed E-state index contributed by atoms with van der Waals surface area (Å²) >= 11 is 0. The molecule has 0 aliphatic carbocycles. The summed E-state index contributed by atoms with van der Waals surface area (Å²) in [6.45, 7) is 1.86. The number of benzene rings is 1. The topological polar surface area (TPSA) is 81.0 Å². The van der Waals surface area contributed by atoms with Gasteiger partial charge in [0.2, 0.25) is 0 Å². The molecule has 114 valence electrons. The molecular formula is C17H19N3O2. The Morgan fingerprint density at radius 3 is 2.77 bits per heavy atom. The fraction of sp³-hybridized carbons (Fsp3) is 0.176. The van der Waals surface area contributed by atoms with Crippen LogP contribution in [0.25, 0.3) is 6.08 Å². The van der Waals surface area contributed by atoms with Crippen LogP contribution in [-0.2, 0) is 16.0 Å². The van der Waals surface area contributed by atoms with Crippen LogP contribution < -0.4 is 5.73 Å². The molecule has 3 N–H and O–H groups in total. The van der Waals surface area contributed by atoms with E-state index < -0.39 is 5.97 Å². The fourth-order valence-corrected chi connectivity index (χ4v) is 1.88. The van der Waals surface area contributed by atoms with Crippen LogP contribution >= 0.6 is 0 Å². The van der Waals surface area contributed by atoms with Gasteiger partial charge in [0.05, 0.1) is 0 Å². The molecule has 0 fully saturated rings. The second-order valence-corrected chi connectivity index (χ2v) is 4.87. The van der Waals surface area contributed by atoms with Crippen LogP contribution in [-0.4, -0.2) is 22.5 Å². The SMILES string of the molecule is C/C(N)=C/C(=O)OCC=Cc1ccc(Cc2ncc[nH]2)cc1. The molecule has 22 heavy (non-hydrogen) atoms. The lowest BCUT2D eigenvalue weighted by Crippen LogP contribution is -2.03. The Morgan fingerprint density at radius 1 is 1.36 bits per heavy atom. The van der Waals surface area contributed by atoms with E-state index in [0.717, 1.165) is 17.8 Å². The van der Waals surface area contributed by atoms with E-state index in [-0.39, 0.29) is 6.61 Å². The first-order chi connectivity index (χ1) is 10.6. The lowest BCUT2D eigenvalue weighted by Gasteiger charge is -2.00. The van der Waals surface area contributed by atoms with E-state index in [1.807, 2.05) is 24.4 Å². The van der Waals surface area contributed by atoms with Crippen molar-refractivity contribution in [3.05, 3.63) is 71.5 Å². The smallest absolute Gasteiger partial charge is 0.332 e. The molecule has 2 aromatic rings. The van der Waals surface area contributed by atoms with E-state index in [9.17, 15) is 4.79 Å². The number of imidazole rings is 1. The highest BCUT2D eigenvalue weighted by Gasteiger charge is 1.98. The van der Waals surface area contributed by atoms with Crippen molar-refractivity contribution in [3.8, 4) is 0 Å². The van der Waals surface area contributed by atoms with Crippen LogP contribution in [0.1, 0.15) is 23.9 Å². The van der Waals surface area contributed by atoms with Gasteiger partial charge < -0.3 is 15.5 Å². The number of carbonyl (C=O) groups excluding carboxylic acids is 1. The number of esters is 1. The maximum absolute atomic E-state index is 11.2. The second kappa shape index (κ2) is 7.83. The number of carbonyl (C=O) groups is 1. The monoisotopic (exact) mass is 297 g/mol. The van der Waals surface area contributed by atoms with Crippen molar-refractivity contribution in [2.45, 2.75) is 13.3 Å². The van der Waals surface area contributed by atoms with E-state index in [4.69, 9.17) is 10.5 Å². The summed E-state index contributed by atoms with van der Waals surface area (Å²) in [5, 5.41) is 0. The van der Waals surface area contributed by atoms with Crippen LogP contribution in [0.5, 0.6) is 0 Å². The van der Waals surface area contributed by atoms with Crippen molar-refractivity contribution in [2.24, 2.45) is 5.73 Å². The number of nitrogens with two attached hydrogens (primary N) is 1. The zero-order chi connectivity index (χ0) is 15.8. The van der Waals surface area contributed by atoms with Crippen molar-refractivity contribution in [1.29, 1.82) is 0 Å². The van der Waals surface area contributed by atoms with E-state index in [2.05, 4.69) is 22.1 Å². The number of nitrogens with zero attached hydrogens (tertiary/aromatic N) is 1.